The summed E-state index contributed by atoms with van der Waals surface area (Å²) in [5, 5.41) is 0. The zero-order chi connectivity index (χ0) is 17.6. The van der Waals surface area contributed by atoms with Gasteiger partial charge in [-0.1, -0.05) is 66.7 Å². The Kier molecular flexibility index (Phi) is 5.30. The Morgan fingerprint density at radius 1 is 0.800 bits per heavy atom. The first-order valence-corrected chi connectivity index (χ1v) is 8.58. The molecule has 3 rings (SSSR count). The van der Waals surface area contributed by atoms with Crippen LogP contribution < -0.4 is 4.90 Å². The molecule has 0 fully saturated rings. The minimum atomic E-state index is 0.198. The second kappa shape index (κ2) is 7.80. The fourth-order valence-electron chi connectivity index (χ4n) is 2.85. The number of aryl methyl sites for hydroxylation is 1. The summed E-state index contributed by atoms with van der Waals surface area (Å²) >= 11 is 0. The van der Waals surface area contributed by atoms with Crippen LogP contribution in [0.2, 0.25) is 0 Å². The number of nitrogens with zero attached hydrogens (tertiary/aromatic N) is 1. The average molecular weight is 329 g/mol. The molecule has 0 unspecified atom stereocenters. The van der Waals surface area contributed by atoms with Gasteiger partial charge in [-0.05, 0) is 35.2 Å². The van der Waals surface area contributed by atoms with E-state index in [9.17, 15) is 4.79 Å². The molecule has 0 heterocycles. The lowest BCUT2D eigenvalue weighted by molar-refractivity contribution is 0.0983. The summed E-state index contributed by atoms with van der Waals surface area (Å²) in [4.78, 5) is 14.3. The Morgan fingerprint density at radius 3 is 2.20 bits per heavy atom. The zero-order valence-corrected chi connectivity index (χ0v) is 14.8. The number of ketones is 1. The van der Waals surface area contributed by atoms with E-state index >= 15 is 0 Å². The maximum atomic E-state index is 12.2. The van der Waals surface area contributed by atoms with Crippen LogP contribution in [0.1, 0.15) is 22.3 Å². The van der Waals surface area contributed by atoms with Gasteiger partial charge in [-0.15, -0.1) is 0 Å². The van der Waals surface area contributed by atoms with E-state index in [1.807, 2.05) is 44.4 Å². The van der Waals surface area contributed by atoms with Crippen LogP contribution in [0.3, 0.4) is 0 Å². The summed E-state index contributed by atoms with van der Waals surface area (Å²) in [7, 11) is 4.10. The summed E-state index contributed by atoms with van der Waals surface area (Å²) in [6.45, 7) is 0. The van der Waals surface area contributed by atoms with Crippen LogP contribution in [0, 0.1) is 0 Å². The third-order valence-corrected chi connectivity index (χ3v) is 4.39. The van der Waals surface area contributed by atoms with Gasteiger partial charge < -0.3 is 4.90 Å². The van der Waals surface area contributed by atoms with Crippen LogP contribution in [0.4, 0.5) is 5.69 Å². The molecule has 3 aromatic carbocycles. The lowest BCUT2D eigenvalue weighted by Crippen LogP contribution is -2.08. The molecule has 0 atom stereocenters. The molecule has 0 saturated heterocycles. The lowest BCUT2D eigenvalue weighted by atomic mass is 9.99. The standard InChI is InChI=1S/C23H23NO/c1-24(2)22-10-6-9-21(17-22)19-14-11-18(12-15-19)13-16-23(25)20-7-4-3-5-8-20/h3-12,14-15,17H,13,16H2,1-2H3. The summed E-state index contributed by atoms with van der Waals surface area (Å²) in [5.74, 6) is 0.198. The number of anilines is 1. The van der Waals surface area contributed by atoms with Crippen LogP contribution >= 0.6 is 0 Å². The number of carbonyl (C=O) groups is 1. The highest BCUT2D eigenvalue weighted by atomic mass is 16.1. The Bertz CT molecular complexity index is 835. The minimum absolute atomic E-state index is 0.198. The molecule has 0 aliphatic rings. The fraction of sp³-hybridized carbons (Fsp3) is 0.174. The summed E-state index contributed by atoms with van der Waals surface area (Å²) < 4.78 is 0. The SMILES string of the molecule is CN(C)c1cccc(-c2ccc(CCC(=O)c3ccccc3)cc2)c1. The summed E-state index contributed by atoms with van der Waals surface area (Å²) in [6, 6.07) is 26.5. The molecule has 2 heteroatoms. The highest BCUT2D eigenvalue weighted by Gasteiger charge is 2.06. The Morgan fingerprint density at radius 2 is 1.52 bits per heavy atom. The van der Waals surface area contributed by atoms with Gasteiger partial charge in [0.2, 0.25) is 0 Å². The number of Topliss-reactive ketones (excluding diaryl/α,β-unsaturated/α-hetero) is 1. The van der Waals surface area contributed by atoms with Crippen molar-refractivity contribution in [3.05, 3.63) is 90.0 Å². The van der Waals surface area contributed by atoms with E-state index < -0.39 is 0 Å². The lowest BCUT2D eigenvalue weighted by Gasteiger charge is -2.13. The Labute approximate surface area is 149 Å². The molecule has 0 bridgehead atoms. The second-order valence-corrected chi connectivity index (χ2v) is 6.43. The molecule has 0 aliphatic carbocycles. The molecule has 0 saturated carbocycles. The summed E-state index contributed by atoms with van der Waals surface area (Å²) in [5.41, 5.74) is 5.58. The molecule has 0 aromatic heterocycles. The third kappa shape index (κ3) is 4.36. The quantitative estimate of drug-likeness (QED) is 0.577. The molecule has 126 valence electrons. The van der Waals surface area contributed by atoms with E-state index in [1.165, 1.54) is 22.4 Å². The molecular weight excluding hydrogens is 306 g/mol. The van der Waals surface area contributed by atoms with Crippen LogP contribution in [-0.2, 0) is 6.42 Å². The first kappa shape index (κ1) is 17.0. The fourth-order valence-corrected chi connectivity index (χ4v) is 2.85. The molecule has 25 heavy (non-hydrogen) atoms. The maximum Gasteiger partial charge on any atom is 0.163 e. The van der Waals surface area contributed by atoms with Gasteiger partial charge >= 0.3 is 0 Å². The van der Waals surface area contributed by atoms with Crippen molar-refractivity contribution in [1.82, 2.24) is 0 Å². The number of carbonyl (C=O) groups excluding carboxylic acids is 1. The van der Waals surface area contributed by atoms with Gasteiger partial charge in [-0.3, -0.25) is 4.79 Å². The predicted octanol–water partition coefficient (Wildman–Crippen LogP) is 5.24. The minimum Gasteiger partial charge on any atom is -0.378 e. The van der Waals surface area contributed by atoms with Gasteiger partial charge in [0, 0.05) is 31.8 Å². The smallest absolute Gasteiger partial charge is 0.163 e. The number of hydrogen-bond donors (Lipinski definition) is 0. The molecule has 0 radical (unpaired) electrons. The van der Waals surface area contributed by atoms with Crippen LogP contribution in [0.5, 0.6) is 0 Å². The van der Waals surface area contributed by atoms with Gasteiger partial charge in [0.15, 0.2) is 5.78 Å². The molecule has 0 aliphatic heterocycles. The number of benzene rings is 3. The van der Waals surface area contributed by atoms with Crippen LogP contribution in [0.25, 0.3) is 11.1 Å². The van der Waals surface area contributed by atoms with Gasteiger partial charge in [0.25, 0.3) is 0 Å². The van der Waals surface area contributed by atoms with E-state index in [0.29, 0.717) is 6.42 Å². The van der Waals surface area contributed by atoms with E-state index in [2.05, 4.69) is 53.4 Å². The highest BCUT2D eigenvalue weighted by molar-refractivity contribution is 5.96. The first-order chi connectivity index (χ1) is 12.1. The van der Waals surface area contributed by atoms with Crippen molar-refractivity contribution in [2.24, 2.45) is 0 Å². The second-order valence-electron chi connectivity index (χ2n) is 6.43. The van der Waals surface area contributed by atoms with Crippen LogP contribution in [-0.4, -0.2) is 19.9 Å². The van der Waals surface area contributed by atoms with Crippen molar-refractivity contribution in [3.8, 4) is 11.1 Å². The van der Waals surface area contributed by atoms with Crippen molar-refractivity contribution >= 4 is 11.5 Å². The average Bonchev–Trinajstić information content (AvgIpc) is 2.67. The predicted molar refractivity (Wildman–Crippen MR) is 105 cm³/mol. The largest absolute Gasteiger partial charge is 0.378 e. The van der Waals surface area contributed by atoms with Crippen molar-refractivity contribution < 1.29 is 4.79 Å². The zero-order valence-electron chi connectivity index (χ0n) is 14.8. The number of rotatable bonds is 6. The van der Waals surface area contributed by atoms with Crippen molar-refractivity contribution in [2.75, 3.05) is 19.0 Å². The van der Waals surface area contributed by atoms with E-state index in [4.69, 9.17) is 0 Å². The third-order valence-electron chi connectivity index (χ3n) is 4.39. The molecule has 0 spiro atoms. The number of hydrogen-bond acceptors (Lipinski definition) is 2. The van der Waals surface area contributed by atoms with Gasteiger partial charge in [0.05, 0.1) is 0 Å². The topological polar surface area (TPSA) is 20.3 Å². The van der Waals surface area contributed by atoms with E-state index in [-0.39, 0.29) is 5.78 Å². The van der Waals surface area contributed by atoms with Gasteiger partial charge in [-0.25, -0.2) is 0 Å². The maximum absolute atomic E-state index is 12.2. The molecule has 2 nitrogen and oxygen atoms in total. The Hall–Kier alpha value is -2.87. The van der Waals surface area contributed by atoms with Gasteiger partial charge in [0.1, 0.15) is 0 Å². The highest BCUT2D eigenvalue weighted by Crippen LogP contribution is 2.24. The molecule has 3 aromatic rings. The molecular formula is C23H23NO. The van der Waals surface area contributed by atoms with Gasteiger partial charge in [-0.2, -0.15) is 0 Å². The van der Waals surface area contributed by atoms with Crippen molar-refractivity contribution in [3.63, 3.8) is 0 Å². The molecule has 0 amide bonds. The van der Waals surface area contributed by atoms with E-state index in [1.54, 1.807) is 0 Å². The monoisotopic (exact) mass is 329 g/mol. The van der Waals surface area contributed by atoms with Crippen molar-refractivity contribution in [2.45, 2.75) is 12.8 Å². The first-order valence-electron chi connectivity index (χ1n) is 8.58. The normalized spacial score (nSPS) is 10.5. The van der Waals surface area contributed by atoms with E-state index in [0.717, 1.165) is 12.0 Å². The van der Waals surface area contributed by atoms with Crippen molar-refractivity contribution in [1.29, 1.82) is 0 Å². The summed E-state index contributed by atoms with van der Waals surface area (Å²) in [6.07, 6.45) is 1.31. The Balaban J connectivity index is 1.66. The molecule has 0 N–H and O–H groups in total. The van der Waals surface area contributed by atoms with Crippen LogP contribution in [0.15, 0.2) is 78.9 Å².